The van der Waals surface area contributed by atoms with Crippen LogP contribution in [0.2, 0.25) is 0 Å². The van der Waals surface area contributed by atoms with Crippen molar-refractivity contribution in [3.8, 4) is 28.3 Å². The van der Waals surface area contributed by atoms with Gasteiger partial charge in [0.2, 0.25) is 0 Å². The second kappa shape index (κ2) is 11.1. The van der Waals surface area contributed by atoms with Gasteiger partial charge in [0.1, 0.15) is 0 Å². The molecule has 0 N–H and O–H groups in total. The Morgan fingerprint density at radius 1 is 0.396 bits per heavy atom. The predicted octanol–water partition coefficient (Wildman–Crippen LogP) is 14.8. The van der Waals surface area contributed by atoms with Crippen LogP contribution < -0.4 is 9.64 Å². The molecule has 0 aliphatic carbocycles. The number of hydrogen-bond acceptors (Lipinski definition) is 4. The van der Waals surface area contributed by atoms with Crippen molar-refractivity contribution in [2.45, 2.75) is 0 Å². The first kappa shape index (κ1) is 29.2. The lowest BCUT2D eigenvalue weighted by molar-refractivity contribution is 0.476. The van der Waals surface area contributed by atoms with E-state index >= 15 is 0 Å². The third-order valence-corrected chi connectivity index (χ3v) is 13.0. The van der Waals surface area contributed by atoms with E-state index in [9.17, 15) is 0 Å². The fraction of sp³-hybridized carbons (Fsp3) is 0. The second-order valence-electron chi connectivity index (χ2n) is 13.7. The predicted molar refractivity (Wildman–Crippen MR) is 227 cm³/mol. The summed E-state index contributed by atoms with van der Waals surface area (Å²) in [5.74, 6) is 1.75. The summed E-state index contributed by atoms with van der Waals surface area (Å²) in [6, 6.07) is 61.8. The number of aromatic nitrogens is 1. The zero-order valence-electron chi connectivity index (χ0n) is 28.3. The Balaban J connectivity index is 0.974. The Labute approximate surface area is 312 Å². The molecule has 4 heterocycles. The van der Waals surface area contributed by atoms with E-state index in [0.29, 0.717) is 0 Å². The fourth-order valence-corrected chi connectivity index (χ4v) is 10.6. The third kappa shape index (κ3) is 4.32. The molecule has 248 valence electrons. The first-order valence-corrected chi connectivity index (χ1v) is 19.5. The van der Waals surface area contributed by atoms with Crippen LogP contribution >= 0.6 is 22.7 Å². The lowest BCUT2D eigenvalue weighted by Crippen LogP contribution is -2.09. The SMILES string of the molecule is c1ccc2c(c1)sc1cc(N(c3ccc(-c4ccc5c(c4)Oc4cccc6c7ccccc7n-5c46)cc3)c3ccc4c(c3)sc3ccccc34)ccc12. The van der Waals surface area contributed by atoms with Crippen molar-refractivity contribution in [2.75, 3.05) is 4.90 Å². The molecule has 1 aliphatic rings. The first-order chi connectivity index (χ1) is 26.2. The molecule has 0 fully saturated rings. The quantitative estimate of drug-likeness (QED) is 0.181. The number of thiophene rings is 2. The van der Waals surface area contributed by atoms with Crippen molar-refractivity contribution in [2.24, 2.45) is 0 Å². The summed E-state index contributed by atoms with van der Waals surface area (Å²) in [6.07, 6.45) is 0. The molecule has 0 saturated heterocycles. The van der Waals surface area contributed by atoms with E-state index in [0.717, 1.165) is 50.9 Å². The summed E-state index contributed by atoms with van der Waals surface area (Å²) in [4.78, 5) is 2.40. The van der Waals surface area contributed by atoms with E-state index < -0.39 is 0 Å². The number of benzene rings is 8. The maximum Gasteiger partial charge on any atom is 0.152 e. The van der Waals surface area contributed by atoms with Gasteiger partial charge in [-0.2, -0.15) is 0 Å². The van der Waals surface area contributed by atoms with Gasteiger partial charge in [0.25, 0.3) is 0 Å². The summed E-state index contributed by atoms with van der Waals surface area (Å²) in [7, 11) is 0. The third-order valence-electron chi connectivity index (χ3n) is 10.8. The number of para-hydroxylation sites is 2. The lowest BCUT2D eigenvalue weighted by Gasteiger charge is -2.26. The molecule has 0 unspecified atom stereocenters. The molecule has 3 aromatic heterocycles. The average molecular weight is 713 g/mol. The topological polar surface area (TPSA) is 17.4 Å². The van der Waals surface area contributed by atoms with E-state index in [4.69, 9.17) is 4.74 Å². The normalized spacial score (nSPS) is 12.3. The molecule has 5 heteroatoms. The molecule has 1 aliphatic heterocycles. The summed E-state index contributed by atoms with van der Waals surface area (Å²) < 4.78 is 14.2. The lowest BCUT2D eigenvalue weighted by atomic mass is 10.0. The molecule has 0 radical (unpaired) electrons. The molecule has 0 amide bonds. The van der Waals surface area contributed by atoms with E-state index in [1.807, 2.05) is 22.7 Å². The van der Waals surface area contributed by atoms with Gasteiger partial charge in [0.15, 0.2) is 11.5 Å². The standard InChI is InChI=1S/C48H28N2OS2/c1-4-12-40-34(8-1)39-11-7-13-42-48(39)50(40)41-25-18-30(26-43(41)51-42)29-16-19-31(20-17-29)49(32-21-23-37-35-9-2-5-14-44(35)52-46(37)27-32)33-22-24-38-36-10-3-6-15-45(36)53-47(38)28-33/h1-28H. The number of rotatable bonds is 4. The Morgan fingerprint density at radius 2 is 0.962 bits per heavy atom. The number of anilines is 3. The molecule has 0 spiro atoms. The molecule has 0 atom stereocenters. The summed E-state index contributed by atoms with van der Waals surface area (Å²) in [6.45, 7) is 0. The van der Waals surface area contributed by atoms with Crippen molar-refractivity contribution in [3.63, 3.8) is 0 Å². The minimum absolute atomic E-state index is 0.864. The molecule has 0 saturated carbocycles. The van der Waals surface area contributed by atoms with E-state index in [1.165, 1.54) is 56.6 Å². The minimum atomic E-state index is 0.864. The molecular weight excluding hydrogens is 685 g/mol. The number of fused-ring (bicyclic) bond motifs is 11. The van der Waals surface area contributed by atoms with Crippen LogP contribution in [-0.2, 0) is 0 Å². The van der Waals surface area contributed by atoms with E-state index in [1.54, 1.807) is 0 Å². The summed E-state index contributed by atoms with van der Waals surface area (Å²) in [5, 5.41) is 7.68. The number of nitrogens with zero attached hydrogens (tertiary/aromatic N) is 2. The number of hydrogen-bond donors (Lipinski definition) is 0. The second-order valence-corrected chi connectivity index (χ2v) is 15.9. The molecule has 3 nitrogen and oxygen atoms in total. The maximum absolute atomic E-state index is 6.61. The molecule has 0 bridgehead atoms. The Bertz CT molecular complexity index is 3160. The van der Waals surface area contributed by atoms with Gasteiger partial charge in [-0.3, -0.25) is 0 Å². The van der Waals surface area contributed by atoms with Crippen LogP contribution in [0.3, 0.4) is 0 Å². The van der Waals surface area contributed by atoms with Gasteiger partial charge < -0.3 is 14.2 Å². The molecule has 12 rings (SSSR count). The van der Waals surface area contributed by atoms with Crippen LogP contribution in [0.15, 0.2) is 170 Å². The van der Waals surface area contributed by atoms with Crippen LogP contribution in [0.25, 0.3) is 79.0 Å². The van der Waals surface area contributed by atoms with Crippen molar-refractivity contribution in [3.05, 3.63) is 170 Å². The van der Waals surface area contributed by atoms with Crippen LogP contribution in [0.4, 0.5) is 17.1 Å². The van der Waals surface area contributed by atoms with Crippen molar-refractivity contribution in [1.29, 1.82) is 0 Å². The van der Waals surface area contributed by atoms with Crippen LogP contribution in [0.1, 0.15) is 0 Å². The van der Waals surface area contributed by atoms with Gasteiger partial charge in [-0.05, 0) is 83.9 Å². The summed E-state index contributed by atoms with van der Waals surface area (Å²) in [5.41, 5.74) is 9.04. The fourth-order valence-electron chi connectivity index (χ4n) is 8.36. The van der Waals surface area contributed by atoms with E-state index in [2.05, 4.69) is 179 Å². The molecule has 8 aromatic carbocycles. The van der Waals surface area contributed by atoms with Gasteiger partial charge in [0.05, 0.1) is 16.7 Å². The Hall–Kier alpha value is -6.40. The van der Waals surface area contributed by atoms with Crippen molar-refractivity contribution in [1.82, 2.24) is 4.57 Å². The average Bonchev–Trinajstić information content (AvgIpc) is 3.88. The van der Waals surface area contributed by atoms with Crippen molar-refractivity contribution < 1.29 is 4.74 Å². The molecule has 11 aromatic rings. The minimum Gasteiger partial charge on any atom is -0.453 e. The highest BCUT2D eigenvalue weighted by atomic mass is 32.1. The van der Waals surface area contributed by atoms with E-state index in [-0.39, 0.29) is 0 Å². The van der Waals surface area contributed by atoms with Gasteiger partial charge >= 0.3 is 0 Å². The zero-order chi connectivity index (χ0) is 34.6. The number of ether oxygens (including phenoxy) is 1. The smallest absolute Gasteiger partial charge is 0.152 e. The summed E-state index contributed by atoms with van der Waals surface area (Å²) >= 11 is 3.71. The maximum atomic E-state index is 6.61. The highest BCUT2D eigenvalue weighted by Crippen LogP contribution is 2.47. The molecule has 53 heavy (non-hydrogen) atoms. The largest absolute Gasteiger partial charge is 0.453 e. The molecular formula is C48H28N2OS2. The highest BCUT2D eigenvalue weighted by molar-refractivity contribution is 7.26. The van der Waals surface area contributed by atoms with Crippen molar-refractivity contribution >= 4 is 102 Å². The van der Waals surface area contributed by atoms with Gasteiger partial charge in [0, 0.05) is 68.2 Å². The van der Waals surface area contributed by atoms with Crippen LogP contribution in [0.5, 0.6) is 11.5 Å². The first-order valence-electron chi connectivity index (χ1n) is 17.8. The Morgan fingerprint density at radius 3 is 1.66 bits per heavy atom. The monoisotopic (exact) mass is 712 g/mol. The van der Waals surface area contributed by atoms with Crippen LogP contribution in [0, 0.1) is 0 Å². The van der Waals surface area contributed by atoms with Gasteiger partial charge in [-0.1, -0.05) is 97.1 Å². The van der Waals surface area contributed by atoms with Crippen LogP contribution in [-0.4, -0.2) is 4.57 Å². The van der Waals surface area contributed by atoms with Gasteiger partial charge in [-0.15, -0.1) is 22.7 Å². The zero-order valence-corrected chi connectivity index (χ0v) is 29.9. The Kier molecular flexibility index (Phi) is 6.09. The van der Waals surface area contributed by atoms with Gasteiger partial charge in [-0.25, -0.2) is 0 Å². The highest BCUT2D eigenvalue weighted by Gasteiger charge is 2.24.